The van der Waals surface area contributed by atoms with Gasteiger partial charge < -0.3 is 19.4 Å². The van der Waals surface area contributed by atoms with E-state index in [0.717, 1.165) is 31.7 Å². The molecular formula is C20H28N4O3. The van der Waals surface area contributed by atoms with Crippen molar-refractivity contribution in [3.8, 4) is 5.88 Å². The van der Waals surface area contributed by atoms with Crippen LogP contribution in [0.15, 0.2) is 30.9 Å². The molecule has 1 aromatic heterocycles. The third-order valence-electron chi connectivity index (χ3n) is 5.25. The minimum Gasteiger partial charge on any atom is -0.478 e. The number of piperidine rings is 1. The molecule has 2 amide bonds. The smallest absolute Gasteiger partial charge is 0.245 e. The number of piperazine rings is 1. The summed E-state index contributed by atoms with van der Waals surface area (Å²) in [5.41, 5.74) is 0. The molecule has 0 aliphatic carbocycles. The third kappa shape index (κ3) is 4.59. The molecule has 27 heavy (non-hydrogen) atoms. The van der Waals surface area contributed by atoms with Crippen molar-refractivity contribution in [2.24, 2.45) is 5.92 Å². The van der Waals surface area contributed by atoms with E-state index in [9.17, 15) is 9.59 Å². The number of hydrogen-bond acceptors (Lipinski definition) is 5. The Labute approximate surface area is 160 Å². The van der Waals surface area contributed by atoms with E-state index in [-0.39, 0.29) is 17.7 Å². The van der Waals surface area contributed by atoms with Gasteiger partial charge in [-0.3, -0.25) is 9.59 Å². The standard InChI is InChI=1S/C20H28N4O3/c1-3-19(25)23-10-8-16(9-11-23)20(26)24-14-12-22(13-15-24)17-6-5-7-18(21-17)27-4-2/h3,5-7,16H,1,4,8-15H2,2H3. The van der Waals surface area contributed by atoms with E-state index >= 15 is 0 Å². The second-order valence-corrected chi connectivity index (χ2v) is 6.88. The summed E-state index contributed by atoms with van der Waals surface area (Å²) in [6, 6.07) is 5.78. The molecule has 0 radical (unpaired) electrons. The van der Waals surface area contributed by atoms with E-state index in [0.29, 0.717) is 38.7 Å². The molecule has 1 aromatic rings. The zero-order valence-corrected chi connectivity index (χ0v) is 16.0. The van der Waals surface area contributed by atoms with Gasteiger partial charge in [-0.1, -0.05) is 12.6 Å². The molecule has 2 aliphatic heterocycles. The van der Waals surface area contributed by atoms with Gasteiger partial charge >= 0.3 is 0 Å². The SMILES string of the molecule is C=CC(=O)N1CCC(C(=O)N2CCN(c3cccc(OCC)n3)CC2)CC1. The average Bonchev–Trinajstić information content (AvgIpc) is 2.73. The molecule has 146 valence electrons. The van der Waals surface area contributed by atoms with Gasteiger partial charge in [0, 0.05) is 51.3 Å². The van der Waals surface area contributed by atoms with Crippen molar-refractivity contribution in [2.75, 3.05) is 50.8 Å². The van der Waals surface area contributed by atoms with Gasteiger partial charge in [0.25, 0.3) is 0 Å². The molecule has 0 atom stereocenters. The predicted octanol–water partition coefficient (Wildman–Crippen LogP) is 1.55. The summed E-state index contributed by atoms with van der Waals surface area (Å²) in [6.45, 7) is 10.3. The van der Waals surface area contributed by atoms with Crippen molar-refractivity contribution >= 4 is 17.6 Å². The molecule has 0 bridgehead atoms. The Morgan fingerprint density at radius 1 is 1.15 bits per heavy atom. The molecule has 0 spiro atoms. The Morgan fingerprint density at radius 2 is 1.85 bits per heavy atom. The van der Waals surface area contributed by atoms with Crippen molar-refractivity contribution in [3.05, 3.63) is 30.9 Å². The van der Waals surface area contributed by atoms with E-state index in [4.69, 9.17) is 4.74 Å². The monoisotopic (exact) mass is 372 g/mol. The molecule has 0 N–H and O–H groups in total. The lowest BCUT2D eigenvalue weighted by Crippen LogP contribution is -2.52. The normalized spacial score (nSPS) is 18.3. The zero-order chi connectivity index (χ0) is 19.2. The van der Waals surface area contributed by atoms with Gasteiger partial charge in [-0.15, -0.1) is 0 Å². The summed E-state index contributed by atoms with van der Waals surface area (Å²) in [5.74, 6) is 1.72. The van der Waals surface area contributed by atoms with Crippen LogP contribution in [0.2, 0.25) is 0 Å². The molecule has 0 saturated carbocycles. The molecule has 0 unspecified atom stereocenters. The number of carbonyl (C=O) groups excluding carboxylic acids is 2. The summed E-state index contributed by atoms with van der Waals surface area (Å²) in [6.07, 6.45) is 2.81. The lowest BCUT2D eigenvalue weighted by molar-refractivity contribution is -0.139. The van der Waals surface area contributed by atoms with Crippen LogP contribution in [-0.2, 0) is 9.59 Å². The van der Waals surface area contributed by atoms with E-state index in [1.165, 1.54) is 6.08 Å². The van der Waals surface area contributed by atoms with Gasteiger partial charge in [0.05, 0.1) is 6.61 Å². The number of anilines is 1. The third-order valence-corrected chi connectivity index (χ3v) is 5.25. The number of carbonyl (C=O) groups is 2. The highest BCUT2D eigenvalue weighted by Gasteiger charge is 2.31. The maximum Gasteiger partial charge on any atom is 0.245 e. The molecule has 2 fully saturated rings. The largest absolute Gasteiger partial charge is 0.478 e. The number of hydrogen-bond donors (Lipinski definition) is 0. The van der Waals surface area contributed by atoms with Crippen LogP contribution in [-0.4, -0.2) is 72.5 Å². The van der Waals surface area contributed by atoms with Gasteiger partial charge in [-0.05, 0) is 31.9 Å². The summed E-state index contributed by atoms with van der Waals surface area (Å²) in [7, 11) is 0. The molecule has 2 aliphatic rings. The highest BCUT2D eigenvalue weighted by atomic mass is 16.5. The van der Waals surface area contributed by atoms with Gasteiger partial charge in [0.15, 0.2) is 0 Å². The lowest BCUT2D eigenvalue weighted by atomic mass is 9.95. The number of rotatable bonds is 5. The van der Waals surface area contributed by atoms with Crippen molar-refractivity contribution in [3.63, 3.8) is 0 Å². The summed E-state index contributed by atoms with van der Waals surface area (Å²) < 4.78 is 5.47. The fraction of sp³-hybridized carbons (Fsp3) is 0.550. The number of ether oxygens (including phenoxy) is 1. The van der Waals surface area contributed by atoms with Crippen LogP contribution >= 0.6 is 0 Å². The fourth-order valence-corrected chi connectivity index (χ4v) is 3.70. The second kappa shape index (κ2) is 8.88. The highest BCUT2D eigenvalue weighted by molar-refractivity contribution is 5.87. The first-order valence-electron chi connectivity index (χ1n) is 9.67. The van der Waals surface area contributed by atoms with Crippen LogP contribution < -0.4 is 9.64 Å². The van der Waals surface area contributed by atoms with Crippen LogP contribution in [0.25, 0.3) is 0 Å². The van der Waals surface area contributed by atoms with E-state index in [1.54, 1.807) is 4.90 Å². The van der Waals surface area contributed by atoms with Crippen molar-refractivity contribution in [2.45, 2.75) is 19.8 Å². The van der Waals surface area contributed by atoms with Gasteiger partial charge in [0.2, 0.25) is 17.7 Å². The Bertz CT molecular complexity index is 678. The predicted molar refractivity (Wildman–Crippen MR) is 104 cm³/mol. The number of likely N-dealkylation sites (tertiary alicyclic amines) is 1. The molecule has 0 aromatic carbocycles. The summed E-state index contributed by atoms with van der Waals surface area (Å²) >= 11 is 0. The molecule has 7 nitrogen and oxygen atoms in total. The van der Waals surface area contributed by atoms with Crippen LogP contribution in [0.3, 0.4) is 0 Å². The van der Waals surface area contributed by atoms with Gasteiger partial charge in [-0.2, -0.15) is 4.98 Å². The average molecular weight is 372 g/mol. The maximum absolute atomic E-state index is 12.8. The van der Waals surface area contributed by atoms with E-state index in [1.807, 2.05) is 30.0 Å². The number of nitrogens with zero attached hydrogens (tertiary/aromatic N) is 4. The van der Waals surface area contributed by atoms with Gasteiger partial charge in [-0.25, -0.2) is 0 Å². The molecular weight excluding hydrogens is 344 g/mol. The fourth-order valence-electron chi connectivity index (χ4n) is 3.70. The Balaban J connectivity index is 1.50. The van der Waals surface area contributed by atoms with E-state index < -0.39 is 0 Å². The van der Waals surface area contributed by atoms with Crippen LogP contribution in [0.4, 0.5) is 5.82 Å². The first-order chi connectivity index (χ1) is 13.1. The molecule has 3 heterocycles. The van der Waals surface area contributed by atoms with E-state index in [2.05, 4.69) is 16.5 Å². The van der Waals surface area contributed by atoms with Crippen LogP contribution in [0, 0.1) is 5.92 Å². The number of pyridine rings is 1. The molecule has 3 rings (SSSR count). The lowest BCUT2D eigenvalue weighted by Gasteiger charge is -2.38. The van der Waals surface area contributed by atoms with Crippen LogP contribution in [0.5, 0.6) is 5.88 Å². The second-order valence-electron chi connectivity index (χ2n) is 6.88. The maximum atomic E-state index is 12.8. The zero-order valence-electron chi connectivity index (χ0n) is 16.0. The summed E-state index contributed by atoms with van der Waals surface area (Å²) in [4.78, 5) is 35.0. The number of aromatic nitrogens is 1. The highest BCUT2D eigenvalue weighted by Crippen LogP contribution is 2.22. The van der Waals surface area contributed by atoms with Crippen molar-refractivity contribution < 1.29 is 14.3 Å². The molecule has 7 heteroatoms. The Hall–Kier alpha value is -2.57. The first-order valence-corrected chi connectivity index (χ1v) is 9.67. The summed E-state index contributed by atoms with van der Waals surface area (Å²) in [5, 5.41) is 0. The Morgan fingerprint density at radius 3 is 2.48 bits per heavy atom. The molecule has 2 saturated heterocycles. The van der Waals surface area contributed by atoms with Crippen molar-refractivity contribution in [1.29, 1.82) is 0 Å². The van der Waals surface area contributed by atoms with Crippen LogP contribution in [0.1, 0.15) is 19.8 Å². The number of amides is 2. The minimum absolute atomic E-state index is 0.0184. The first kappa shape index (κ1) is 19.2. The quantitative estimate of drug-likeness (QED) is 0.734. The van der Waals surface area contributed by atoms with Gasteiger partial charge in [0.1, 0.15) is 5.82 Å². The topological polar surface area (TPSA) is 66.0 Å². The van der Waals surface area contributed by atoms with Crippen molar-refractivity contribution in [1.82, 2.24) is 14.8 Å². The minimum atomic E-state index is -0.0451. The Kier molecular flexibility index (Phi) is 6.32.